The first-order valence-corrected chi connectivity index (χ1v) is 7.55. The molecule has 0 saturated carbocycles. The van der Waals surface area contributed by atoms with E-state index in [-0.39, 0.29) is 11.6 Å². The van der Waals surface area contributed by atoms with Crippen LogP contribution in [-0.4, -0.2) is 23.6 Å². The van der Waals surface area contributed by atoms with Crippen LogP contribution in [0.4, 0.5) is 0 Å². The lowest BCUT2D eigenvalue weighted by Gasteiger charge is -2.11. The molecule has 2 aromatic rings. The zero-order valence-corrected chi connectivity index (χ0v) is 11.3. The molecule has 98 valence electrons. The molecule has 0 saturated heterocycles. The number of aromatic amines is 1. The average molecular weight is 287 g/mol. The number of sulfonamides is 1. The van der Waals surface area contributed by atoms with Crippen LogP contribution in [0.1, 0.15) is 23.5 Å². The first kappa shape index (κ1) is 13.1. The lowest BCUT2D eigenvalue weighted by atomic mass is 10.4. The van der Waals surface area contributed by atoms with Gasteiger partial charge in [-0.25, -0.2) is 18.1 Å². The Kier molecular flexibility index (Phi) is 3.76. The highest BCUT2D eigenvalue weighted by Gasteiger charge is 2.23. The third kappa shape index (κ3) is 2.58. The minimum absolute atomic E-state index is 0.00778. The normalized spacial score (nSPS) is 13.7. The van der Waals surface area contributed by atoms with Gasteiger partial charge in [0.1, 0.15) is 5.01 Å². The highest BCUT2D eigenvalue weighted by Crippen LogP contribution is 2.19. The molecule has 1 atom stereocenters. The van der Waals surface area contributed by atoms with Crippen LogP contribution in [0.5, 0.6) is 0 Å². The Morgan fingerprint density at radius 1 is 1.61 bits per heavy atom. The van der Waals surface area contributed by atoms with Gasteiger partial charge in [-0.05, 0) is 6.92 Å². The van der Waals surface area contributed by atoms with Crippen LogP contribution in [0.25, 0.3) is 0 Å². The maximum absolute atomic E-state index is 12.1. The van der Waals surface area contributed by atoms with E-state index in [0.717, 1.165) is 0 Å². The van der Waals surface area contributed by atoms with Crippen molar-refractivity contribution in [3.8, 4) is 0 Å². The Hall–Kier alpha value is -1.29. The molecule has 0 spiro atoms. The van der Waals surface area contributed by atoms with Gasteiger partial charge >= 0.3 is 0 Å². The van der Waals surface area contributed by atoms with E-state index in [1.54, 1.807) is 18.5 Å². The molecule has 0 fully saturated rings. The molecule has 0 aliphatic rings. The van der Waals surface area contributed by atoms with Crippen LogP contribution in [-0.2, 0) is 16.6 Å². The summed E-state index contributed by atoms with van der Waals surface area (Å²) in [6.07, 6.45) is 3.04. The predicted molar refractivity (Wildman–Crippen MR) is 67.3 cm³/mol. The van der Waals surface area contributed by atoms with Gasteiger partial charge in [0.15, 0.2) is 5.03 Å². The molecule has 0 amide bonds. The third-order valence-electron chi connectivity index (χ3n) is 2.32. The number of hydrogen-bond donors (Lipinski definition) is 3. The summed E-state index contributed by atoms with van der Waals surface area (Å²) in [5.41, 5.74) is 5.91. The summed E-state index contributed by atoms with van der Waals surface area (Å²) < 4.78 is 26.8. The van der Waals surface area contributed by atoms with Crippen LogP contribution >= 0.6 is 11.3 Å². The Bertz CT molecular complexity index is 605. The standard InChI is InChI=1S/C9H13N5O2S2/c1-6(8-11-2-3-17-8)14-18(15,16)9-7(4-10)5-12-13-9/h2-3,5-6,14H,4,10H2,1H3,(H,12,13). The minimum atomic E-state index is -3.67. The van der Waals surface area contributed by atoms with Gasteiger partial charge in [-0.3, -0.25) is 5.10 Å². The quantitative estimate of drug-likeness (QED) is 0.735. The zero-order valence-electron chi connectivity index (χ0n) is 9.62. The number of hydrogen-bond acceptors (Lipinski definition) is 6. The number of thiazole rings is 1. The second kappa shape index (κ2) is 5.14. The molecule has 9 heteroatoms. The minimum Gasteiger partial charge on any atom is -0.326 e. The summed E-state index contributed by atoms with van der Waals surface area (Å²) in [5.74, 6) is 0. The number of nitrogens with two attached hydrogens (primary N) is 1. The molecule has 4 N–H and O–H groups in total. The Morgan fingerprint density at radius 3 is 3.00 bits per heavy atom. The van der Waals surface area contributed by atoms with Gasteiger partial charge < -0.3 is 5.73 Å². The van der Waals surface area contributed by atoms with E-state index in [0.29, 0.717) is 10.6 Å². The van der Waals surface area contributed by atoms with Gasteiger partial charge in [-0.1, -0.05) is 0 Å². The zero-order chi connectivity index (χ0) is 13.2. The number of H-pyrrole nitrogens is 1. The van der Waals surface area contributed by atoms with E-state index in [2.05, 4.69) is 19.9 Å². The second-order valence-electron chi connectivity index (χ2n) is 3.64. The Labute approximate surface area is 108 Å². The SMILES string of the molecule is CC(NS(=O)(=O)c1[nH]ncc1CN)c1nccs1. The van der Waals surface area contributed by atoms with Gasteiger partial charge in [-0.15, -0.1) is 11.3 Å². The largest absolute Gasteiger partial charge is 0.326 e. The van der Waals surface area contributed by atoms with Crippen LogP contribution in [0, 0.1) is 0 Å². The fraction of sp³-hybridized carbons (Fsp3) is 0.333. The summed E-state index contributed by atoms with van der Waals surface area (Å²) in [4.78, 5) is 4.07. The van der Waals surface area contributed by atoms with E-state index in [1.165, 1.54) is 17.5 Å². The van der Waals surface area contributed by atoms with Crippen LogP contribution in [0.15, 0.2) is 22.8 Å². The third-order valence-corrected chi connectivity index (χ3v) is 4.83. The first-order chi connectivity index (χ1) is 8.54. The van der Waals surface area contributed by atoms with Crippen molar-refractivity contribution in [1.29, 1.82) is 0 Å². The van der Waals surface area contributed by atoms with Gasteiger partial charge in [0.05, 0.1) is 12.2 Å². The average Bonchev–Trinajstić information content (AvgIpc) is 2.99. The van der Waals surface area contributed by atoms with E-state index in [4.69, 9.17) is 5.73 Å². The number of nitrogens with zero attached hydrogens (tertiary/aromatic N) is 2. The molecule has 0 aliphatic carbocycles. The smallest absolute Gasteiger partial charge is 0.258 e. The molecule has 0 radical (unpaired) electrons. The van der Waals surface area contributed by atoms with E-state index in [9.17, 15) is 8.42 Å². The second-order valence-corrected chi connectivity index (χ2v) is 6.22. The number of rotatable bonds is 5. The first-order valence-electron chi connectivity index (χ1n) is 5.18. The van der Waals surface area contributed by atoms with Crippen molar-refractivity contribution in [2.24, 2.45) is 5.73 Å². The Balaban J connectivity index is 2.23. The Morgan fingerprint density at radius 2 is 2.39 bits per heavy atom. The van der Waals surface area contributed by atoms with Crippen molar-refractivity contribution < 1.29 is 8.42 Å². The van der Waals surface area contributed by atoms with Crippen molar-refractivity contribution in [2.45, 2.75) is 24.5 Å². The van der Waals surface area contributed by atoms with Crippen molar-refractivity contribution >= 4 is 21.4 Å². The number of nitrogens with one attached hydrogen (secondary N) is 2. The van der Waals surface area contributed by atoms with Crippen LogP contribution in [0.3, 0.4) is 0 Å². The van der Waals surface area contributed by atoms with Crippen molar-refractivity contribution in [2.75, 3.05) is 0 Å². The lowest BCUT2D eigenvalue weighted by Crippen LogP contribution is -2.28. The van der Waals surface area contributed by atoms with Crippen molar-refractivity contribution in [1.82, 2.24) is 19.9 Å². The van der Waals surface area contributed by atoms with E-state index >= 15 is 0 Å². The van der Waals surface area contributed by atoms with Crippen LogP contribution in [0.2, 0.25) is 0 Å². The van der Waals surface area contributed by atoms with E-state index < -0.39 is 16.1 Å². The highest BCUT2D eigenvalue weighted by molar-refractivity contribution is 7.89. The van der Waals surface area contributed by atoms with Crippen molar-refractivity contribution in [3.05, 3.63) is 28.3 Å². The van der Waals surface area contributed by atoms with Gasteiger partial charge in [0, 0.05) is 23.7 Å². The molecule has 0 aliphatic heterocycles. The number of aromatic nitrogens is 3. The van der Waals surface area contributed by atoms with Gasteiger partial charge in [0.25, 0.3) is 10.0 Å². The molecule has 2 heterocycles. The molecular formula is C9H13N5O2S2. The topological polar surface area (TPSA) is 114 Å². The summed E-state index contributed by atoms with van der Waals surface area (Å²) in [6, 6.07) is -0.399. The monoisotopic (exact) mass is 287 g/mol. The predicted octanol–water partition coefficient (Wildman–Crippen LogP) is 0.364. The van der Waals surface area contributed by atoms with Gasteiger partial charge in [0.2, 0.25) is 0 Å². The molecule has 7 nitrogen and oxygen atoms in total. The maximum Gasteiger partial charge on any atom is 0.258 e. The molecule has 2 aromatic heterocycles. The maximum atomic E-state index is 12.1. The van der Waals surface area contributed by atoms with Crippen molar-refractivity contribution in [3.63, 3.8) is 0 Å². The molecule has 18 heavy (non-hydrogen) atoms. The summed E-state index contributed by atoms with van der Waals surface area (Å²) >= 11 is 1.39. The molecule has 1 unspecified atom stereocenters. The fourth-order valence-electron chi connectivity index (χ4n) is 1.47. The van der Waals surface area contributed by atoms with Gasteiger partial charge in [-0.2, -0.15) is 5.10 Å². The molecular weight excluding hydrogens is 274 g/mol. The molecule has 0 aromatic carbocycles. The molecule has 0 bridgehead atoms. The summed E-state index contributed by atoms with van der Waals surface area (Å²) in [6.45, 7) is 1.84. The summed E-state index contributed by atoms with van der Waals surface area (Å²) in [5, 5.41) is 8.64. The lowest BCUT2D eigenvalue weighted by molar-refractivity contribution is 0.561. The fourth-order valence-corrected chi connectivity index (χ4v) is 3.54. The summed E-state index contributed by atoms with van der Waals surface area (Å²) in [7, 11) is -3.67. The van der Waals surface area contributed by atoms with E-state index in [1.807, 2.05) is 0 Å². The van der Waals surface area contributed by atoms with Crippen LogP contribution < -0.4 is 10.5 Å². The molecule has 2 rings (SSSR count). The highest BCUT2D eigenvalue weighted by atomic mass is 32.2.